The zero-order valence-corrected chi connectivity index (χ0v) is 13.9. The Morgan fingerprint density at radius 3 is 2.30 bits per heavy atom. The summed E-state index contributed by atoms with van der Waals surface area (Å²) in [7, 11) is -3.35. The van der Waals surface area contributed by atoms with Crippen LogP contribution in [0.25, 0.3) is 0 Å². The number of amides is 1. The highest BCUT2D eigenvalue weighted by molar-refractivity contribution is 9.10. The molecule has 0 saturated heterocycles. The second-order valence-corrected chi connectivity index (χ2v) is 8.97. The Morgan fingerprint density at radius 1 is 1.30 bits per heavy atom. The molecule has 0 aromatic heterocycles. The highest BCUT2D eigenvalue weighted by atomic mass is 79.9. The highest BCUT2D eigenvalue weighted by Crippen LogP contribution is 2.45. The first-order valence-corrected chi connectivity index (χ1v) is 9.05. The lowest BCUT2D eigenvalue weighted by Crippen LogP contribution is -2.39. The van der Waals surface area contributed by atoms with Crippen LogP contribution in [0.2, 0.25) is 0 Å². The van der Waals surface area contributed by atoms with Gasteiger partial charge >= 0.3 is 0 Å². The normalized spacial score (nSPS) is 17.0. The summed E-state index contributed by atoms with van der Waals surface area (Å²) < 4.78 is 24.5. The Bertz CT molecular complexity index is 604. The topological polar surface area (TPSA) is 63.2 Å². The van der Waals surface area contributed by atoms with Gasteiger partial charge in [-0.05, 0) is 44.4 Å². The molecule has 1 N–H and O–H groups in total. The first-order chi connectivity index (χ1) is 9.25. The van der Waals surface area contributed by atoms with Crippen molar-refractivity contribution in [3.63, 3.8) is 0 Å². The molecule has 1 aliphatic rings. The minimum atomic E-state index is -3.35. The van der Waals surface area contributed by atoms with Crippen LogP contribution in [0.5, 0.6) is 0 Å². The van der Waals surface area contributed by atoms with Crippen LogP contribution in [0, 0.1) is 0 Å². The number of rotatable bonds is 5. The zero-order chi connectivity index (χ0) is 15.0. The molecule has 1 aromatic carbocycles. The van der Waals surface area contributed by atoms with Gasteiger partial charge in [-0.2, -0.15) is 0 Å². The maximum absolute atomic E-state index is 12.0. The van der Waals surface area contributed by atoms with Gasteiger partial charge in [-0.1, -0.05) is 28.1 Å². The van der Waals surface area contributed by atoms with Crippen molar-refractivity contribution in [2.45, 2.75) is 37.5 Å². The number of sulfone groups is 1. The fourth-order valence-electron chi connectivity index (χ4n) is 2.03. The lowest BCUT2D eigenvalue weighted by atomic mass is 10.1. The van der Waals surface area contributed by atoms with Crippen molar-refractivity contribution in [2.24, 2.45) is 0 Å². The molecule has 0 heterocycles. The SMILES string of the molecule is CC(C)S(=O)(=O)CC(=O)NC1(c2ccc(Br)cc2)CC1. The smallest absolute Gasteiger partial charge is 0.235 e. The minimum Gasteiger partial charge on any atom is -0.346 e. The van der Waals surface area contributed by atoms with E-state index in [-0.39, 0.29) is 5.54 Å². The summed E-state index contributed by atoms with van der Waals surface area (Å²) in [4.78, 5) is 12.0. The van der Waals surface area contributed by atoms with Gasteiger partial charge in [0.1, 0.15) is 5.75 Å². The first kappa shape index (κ1) is 15.5. The van der Waals surface area contributed by atoms with Crippen LogP contribution in [0.15, 0.2) is 28.7 Å². The van der Waals surface area contributed by atoms with Crippen molar-refractivity contribution in [3.05, 3.63) is 34.3 Å². The van der Waals surface area contributed by atoms with Crippen LogP contribution in [0.1, 0.15) is 32.3 Å². The first-order valence-electron chi connectivity index (χ1n) is 6.54. The van der Waals surface area contributed by atoms with E-state index in [1.807, 2.05) is 24.3 Å². The maximum Gasteiger partial charge on any atom is 0.235 e. The van der Waals surface area contributed by atoms with Crippen LogP contribution in [0.4, 0.5) is 0 Å². The van der Waals surface area contributed by atoms with Gasteiger partial charge in [-0.3, -0.25) is 4.79 Å². The molecule has 0 atom stereocenters. The number of halogens is 1. The highest BCUT2D eigenvalue weighted by Gasteiger charge is 2.45. The largest absolute Gasteiger partial charge is 0.346 e. The molecule has 1 saturated carbocycles. The molecular formula is C14H18BrNO3S. The summed E-state index contributed by atoms with van der Waals surface area (Å²) >= 11 is 3.37. The summed E-state index contributed by atoms with van der Waals surface area (Å²) in [5.74, 6) is -0.859. The molecule has 0 bridgehead atoms. The third-order valence-electron chi connectivity index (χ3n) is 3.58. The van der Waals surface area contributed by atoms with Gasteiger partial charge in [0, 0.05) is 4.47 Å². The molecule has 1 amide bonds. The Hall–Kier alpha value is -0.880. The fraction of sp³-hybridized carbons (Fsp3) is 0.500. The van der Waals surface area contributed by atoms with E-state index in [0.717, 1.165) is 22.9 Å². The Morgan fingerprint density at radius 2 is 1.85 bits per heavy atom. The van der Waals surface area contributed by atoms with E-state index in [1.165, 1.54) is 0 Å². The van der Waals surface area contributed by atoms with Crippen molar-refractivity contribution in [3.8, 4) is 0 Å². The Labute approximate surface area is 128 Å². The molecule has 1 fully saturated rings. The van der Waals surface area contributed by atoms with Crippen molar-refractivity contribution in [1.29, 1.82) is 0 Å². The van der Waals surface area contributed by atoms with Gasteiger partial charge in [0.2, 0.25) is 5.91 Å². The molecule has 0 spiro atoms. The number of carbonyl (C=O) groups is 1. The van der Waals surface area contributed by atoms with E-state index >= 15 is 0 Å². The lowest BCUT2D eigenvalue weighted by molar-refractivity contribution is -0.119. The predicted molar refractivity (Wildman–Crippen MR) is 82.1 cm³/mol. The maximum atomic E-state index is 12.0. The molecule has 0 unspecified atom stereocenters. The second-order valence-electron chi connectivity index (χ2n) is 5.49. The number of benzene rings is 1. The average Bonchev–Trinajstić information content (AvgIpc) is 3.09. The van der Waals surface area contributed by atoms with E-state index in [9.17, 15) is 13.2 Å². The van der Waals surface area contributed by atoms with Crippen LogP contribution < -0.4 is 5.32 Å². The Balaban J connectivity index is 2.06. The summed E-state index contributed by atoms with van der Waals surface area (Å²) in [6.45, 7) is 3.18. The van der Waals surface area contributed by atoms with Crippen molar-refractivity contribution < 1.29 is 13.2 Å². The van der Waals surface area contributed by atoms with Crippen LogP contribution in [0.3, 0.4) is 0 Å². The molecule has 0 aliphatic heterocycles. The van der Waals surface area contributed by atoms with E-state index in [0.29, 0.717) is 0 Å². The van der Waals surface area contributed by atoms with E-state index in [1.54, 1.807) is 13.8 Å². The van der Waals surface area contributed by atoms with Gasteiger partial charge < -0.3 is 5.32 Å². The van der Waals surface area contributed by atoms with Crippen LogP contribution in [-0.2, 0) is 20.2 Å². The molecule has 20 heavy (non-hydrogen) atoms. The number of hydrogen-bond donors (Lipinski definition) is 1. The summed E-state index contributed by atoms with van der Waals surface area (Å²) in [5.41, 5.74) is 0.653. The molecule has 6 heteroatoms. The number of hydrogen-bond acceptors (Lipinski definition) is 3. The third kappa shape index (κ3) is 3.41. The Kier molecular flexibility index (Phi) is 4.25. The van der Waals surface area contributed by atoms with Gasteiger partial charge in [0.05, 0.1) is 10.8 Å². The van der Waals surface area contributed by atoms with E-state index < -0.39 is 26.7 Å². The number of carbonyl (C=O) groups excluding carboxylic acids is 1. The molecule has 0 radical (unpaired) electrons. The molecule has 2 rings (SSSR count). The zero-order valence-electron chi connectivity index (χ0n) is 11.5. The fourth-order valence-corrected chi connectivity index (χ4v) is 3.07. The molecule has 110 valence electrons. The van der Waals surface area contributed by atoms with E-state index in [2.05, 4.69) is 21.2 Å². The van der Waals surface area contributed by atoms with Gasteiger partial charge in [-0.25, -0.2) is 8.42 Å². The average molecular weight is 360 g/mol. The van der Waals surface area contributed by atoms with Crippen LogP contribution in [-0.4, -0.2) is 25.3 Å². The molecule has 4 nitrogen and oxygen atoms in total. The minimum absolute atomic E-state index is 0.371. The van der Waals surface area contributed by atoms with Gasteiger partial charge in [0.25, 0.3) is 0 Å². The predicted octanol–water partition coefficient (Wildman–Crippen LogP) is 2.38. The standard InChI is InChI=1S/C14H18BrNO3S/c1-10(2)20(18,19)9-13(17)16-14(7-8-14)11-3-5-12(15)6-4-11/h3-6,10H,7-9H2,1-2H3,(H,16,17). The van der Waals surface area contributed by atoms with Crippen molar-refractivity contribution in [1.82, 2.24) is 5.32 Å². The molecule has 1 aromatic rings. The van der Waals surface area contributed by atoms with Crippen molar-refractivity contribution >= 4 is 31.7 Å². The third-order valence-corrected chi connectivity index (χ3v) is 6.21. The summed E-state index contributed by atoms with van der Waals surface area (Å²) in [6.07, 6.45) is 1.70. The number of nitrogens with one attached hydrogen (secondary N) is 1. The van der Waals surface area contributed by atoms with Crippen LogP contribution >= 0.6 is 15.9 Å². The lowest BCUT2D eigenvalue weighted by Gasteiger charge is -2.18. The van der Waals surface area contributed by atoms with Gasteiger partial charge in [-0.15, -0.1) is 0 Å². The quantitative estimate of drug-likeness (QED) is 0.877. The van der Waals surface area contributed by atoms with E-state index in [4.69, 9.17) is 0 Å². The summed E-state index contributed by atoms with van der Waals surface area (Å²) in [6, 6.07) is 7.75. The molecular weight excluding hydrogens is 342 g/mol. The van der Waals surface area contributed by atoms with Crippen molar-refractivity contribution in [2.75, 3.05) is 5.75 Å². The molecule has 1 aliphatic carbocycles. The monoisotopic (exact) mass is 359 g/mol. The second kappa shape index (κ2) is 5.48. The summed E-state index contributed by atoms with van der Waals surface area (Å²) in [5, 5.41) is 2.35. The van der Waals surface area contributed by atoms with Gasteiger partial charge in [0.15, 0.2) is 9.84 Å².